The van der Waals surface area contributed by atoms with Gasteiger partial charge in [-0.15, -0.1) is 0 Å². The molecule has 4 nitrogen and oxygen atoms in total. The second kappa shape index (κ2) is 6.25. The maximum absolute atomic E-state index is 12.8. The van der Waals surface area contributed by atoms with E-state index in [9.17, 15) is 18.0 Å². The van der Waals surface area contributed by atoms with E-state index in [0.29, 0.717) is 0 Å². The van der Waals surface area contributed by atoms with Crippen molar-refractivity contribution in [3.05, 3.63) is 29.8 Å². The maximum Gasteiger partial charge on any atom is 0.339 e. The number of aromatic hydroxyl groups is 1. The molecule has 0 spiro atoms. The fourth-order valence-electron chi connectivity index (χ4n) is 1.22. The van der Waals surface area contributed by atoms with E-state index in [1.807, 2.05) is 0 Å². The number of methoxy groups -OCH3 is 1. The summed E-state index contributed by atoms with van der Waals surface area (Å²) in [4.78, 5) is 11.3. The number of phenolic OH excluding ortho intramolecular Hbond substituents is 1. The van der Waals surface area contributed by atoms with Crippen LogP contribution >= 0.6 is 0 Å². The SMILES string of the molecule is COC(=O)C(OC(F)C(F)F)c1ccc(O)cc1. The molecule has 0 aliphatic carbocycles. The fraction of sp³-hybridized carbons (Fsp3) is 0.364. The molecule has 0 amide bonds. The molecule has 0 aliphatic heterocycles. The minimum Gasteiger partial charge on any atom is -0.508 e. The topological polar surface area (TPSA) is 55.8 Å². The van der Waals surface area contributed by atoms with Crippen molar-refractivity contribution >= 4 is 5.97 Å². The Balaban J connectivity index is 2.91. The van der Waals surface area contributed by atoms with Gasteiger partial charge in [0.15, 0.2) is 6.10 Å². The summed E-state index contributed by atoms with van der Waals surface area (Å²) in [5.74, 6) is -1.10. The molecule has 1 rings (SSSR count). The molecule has 0 fully saturated rings. The molecule has 2 unspecified atom stereocenters. The summed E-state index contributed by atoms with van der Waals surface area (Å²) in [5.41, 5.74) is 0.1000. The van der Waals surface area contributed by atoms with Gasteiger partial charge in [-0.05, 0) is 17.7 Å². The zero-order chi connectivity index (χ0) is 13.7. The highest BCUT2D eigenvalue weighted by Gasteiger charge is 2.30. The molecule has 2 atom stereocenters. The third kappa shape index (κ3) is 3.63. The molecule has 0 bridgehead atoms. The Hall–Kier alpha value is -1.76. The zero-order valence-electron chi connectivity index (χ0n) is 9.35. The third-order valence-electron chi connectivity index (χ3n) is 2.08. The third-order valence-corrected chi connectivity index (χ3v) is 2.08. The summed E-state index contributed by atoms with van der Waals surface area (Å²) in [6, 6.07) is 4.92. The van der Waals surface area contributed by atoms with Gasteiger partial charge in [-0.1, -0.05) is 12.1 Å². The Bertz CT molecular complexity index is 394. The number of hydrogen-bond acceptors (Lipinski definition) is 4. The first kappa shape index (κ1) is 14.3. The number of halogens is 3. The number of esters is 1. The average Bonchev–Trinajstić information content (AvgIpc) is 2.35. The number of carbonyl (C=O) groups is 1. The Morgan fingerprint density at radius 2 is 1.78 bits per heavy atom. The second-order valence-corrected chi connectivity index (χ2v) is 3.32. The van der Waals surface area contributed by atoms with E-state index >= 15 is 0 Å². The molecule has 0 aromatic heterocycles. The van der Waals surface area contributed by atoms with E-state index in [1.54, 1.807) is 0 Å². The first-order valence-electron chi connectivity index (χ1n) is 4.90. The van der Waals surface area contributed by atoms with Gasteiger partial charge in [0.25, 0.3) is 12.8 Å². The van der Waals surface area contributed by atoms with Crippen LogP contribution in [-0.2, 0) is 14.3 Å². The molecular weight excluding hydrogens is 253 g/mol. The zero-order valence-corrected chi connectivity index (χ0v) is 9.35. The van der Waals surface area contributed by atoms with Gasteiger partial charge in [-0.25, -0.2) is 18.0 Å². The Morgan fingerprint density at radius 3 is 2.22 bits per heavy atom. The Labute approximate surface area is 101 Å². The molecule has 100 valence electrons. The van der Waals surface area contributed by atoms with E-state index in [4.69, 9.17) is 5.11 Å². The van der Waals surface area contributed by atoms with Crippen LogP contribution in [0.5, 0.6) is 5.75 Å². The summed E-state index contributed by atoms with van der Waals surface area (Å²) in [5, 5.41) is 9.05. The summed E-state index contributed by atoms with van der Waals surface area (Å²) >= 11 is 0. The molecule has 1 N–H and O–H groups in total. The van der Waals surface area contributed by atoms with Gasteiger partial charge in [0.1, 0.15) is 5.75 Å². The minimum absolute atomic E-state index is 0.0898. The highest BCUT2D eigenvalue weighted by atomic mass is 19.3. The van der Waals surface area contributed by atoms with Crippen molar-refractivity contribution in [2.24, 2.45) is 0 Å². The van der Waals surface area contributed by atoms with Crippen LogP contribution in [0.25, 0.3) is 0 Å². The molecule has 0 radical (unpaired) electrons. The van der Waals surface area contributed by atoms with Crippen LogP contribution in [0.1, 0.15) is 11.7 Å². The minimum atomic E-state index is -3.37. The normalized spacial score (nSPS) is 14.3. The molecule has 0 aliphatic rings. The van der Waals surface area contributed by atoms with Gasteiger partial charge in [0.05, 0.1) is 7.11 Å². The predicted molar refractivity (Wildman–Crippen MR) is 54.8 cm³/mol. The first-order valence-corrected chi connectivity index (χ1v) is 4.90. The Kier molecular flexibility index (Phi) is 4.96. The number of phenols is 1. The number of rotatable bonds is 5. The van der Waals surface area contributed by atoms with Crippen LogP contribution in [0, 0.1) is 0 Å². The lowest BCUT2D eigenvalue weighted by Gasteiger charge is -2.18. The van der Waals surface area contributed by atoms with Crippen LogP contribution in [-0.4, -0.2) is 31.0 Å². The van der Waals surface area contributed by atoms with Crippen molar-refractivity contribution in [3.8, 4) is 5.75 Å². The van der Waals surface area contributed by atoms with Gasteiger partial charge >= 0.3 is 5.97 Å². The number of benzene rings is 1. The largest absolute Gasteiger partial charge is 0.508 e. The van der Waals surface area contributed by atoms with Crippen LogP contribution < -0.4 is 0 Å². The van der Waals surface area contributed by atoms with Crippen molar-refractivity contribution in [2.45, 2.75) is 18.9 Å². The van der Waals surface area contributed by atoms with E-state index in [-0.39, 0.29) is 11.3 Å². The van der Waals surface area contributed by atoms with Crippen molar-refractivity contribution in [1.29, 1.82) is 0 Å². The average molecular weight is 264 g/mol. The number of carbonyl (C=O) groups excluding carboxylic acids is 1. The molecule has 1 aromatic carbocycles. The van der Waals surface area contributed by atoms with Gasteiger partial charge in [0.2, 0.25) is 0 Å². The van der Waals surface area contributed by atoms with Crippen LogP contribution in [0.15, 0.2) is 24.3 Å². The molecule has 0 heterocycles. The highest BCUT2D eigenvalue weighted by Crippen LogP contribution is 2.25. The number of alkyl halides is 3. The lowest BCUT2D eigenvalue weighted by atomic mass is 10.1. The fourth-order valence-corrected chi connectivity index (χ4v) is 1.22. The second-order valence-electron chi connectivity index (χ2n) is 3.32. The van der Waals surface area contributed by atoms with Crippen LogP contribution in [0.2, 0.25) is 0 Å². The number of hydrogen-bond donors (Lipinski definition) is 1. The van der Waals surface area contributed by atoms with Crippen LogP contribution in [0.3, 0.4) is 0 Å². The van der Waals surface area contributed by atoms with Gasteiger partial charge in [-0.2, -0.15) is 0 Å². The van der Waals surface area contributed by atoms with Gasteiger partial charge in [-0.3, -0.25) is 0 Å². The monoisotopic (exact) mass is 264 g/mol. The molecule has 1 aromatic rings. The predicted octanol–water partition coefficient (Wildman–Crippen LogP) is 2.18. The molecule has 7 heteroatoms. The summed E-state index contributed by atoms with van der Waals surface area (Å²) in [7, 11) is 1.02. The smallest absolute Gasteiger partial charge is 0.339 e. The lowest BCUT2D eigenvalue weighted by Crippen LogP contribution is -2.25. The van der Waals surface area contributed by atoms with E-state index in [2.05, 4.69) is 9.47 Å². The van der Waals surface area contributed by atoms with Crippen molar-refractivity contribution in [2.75, 3.05) is 7.11 Å². The van der Waals surface area contributed by atoms with Crippen LogP contribution in [0.4, 0.5) is 13.2 Å². The summed E-state index contributed by atoms with van der Waals surface area (Å²) in [6.07, 6.45) is -7.88. The number of ether oxygens (including phenoxy) is 2. The van der Waals surface area contributed by atoms with E-state index in [0.717, 1.165) is 7.11 Å². The lowest BCUT2D eigenvalue weighted by molar-refractivity contribution is -0.186. The molecule has 18 heavy (non-hydrogen) atoms. The quantitative estimate of drug-likeness (QED) is 0.828. The molecule has 0 saturated heterocycles. The van der Waals surface area contributed by atoms with E-state index in [1.165, 1.54) is 24.3 Å². The van der Waals surface area contributed by atoms with E-state index < -0.39 is 24.9 Å². The van der Waals surface area contributed by atoms with Crippen molar-refractivity contribution < 1.29 is 32.5 Å². The first-order chi connectivity index (χ1) is 8.45. The Morgan fingerprint density at radius 1 is 1.22 bits per heavy atom. The maximum atomic E-state index is 12.8. The molecular formula is C11H11F3O4. The highest BCUT2D eigenvalue weighted by molar-refractivity contribution is 5.76. The van der Waals surface area contributed by atoms with Gasteiger partial charge < -0.3 is 14.6 Å². The van der Waals surface area contributed by atoms with Crippen molar-refractivity contribution in [1.82, 2.24) is 0 Å². The summed E-state index contributed by atoms with van der Waals surface area (Å²) in [6.45, 7) is 0. The molecule has 0 saturated carbocycles. The standard InChI is InChI=1S/C11H11F3O4/c1-17-11(16)8(18-10(14)9(12)13)6-2-4-7(15)5-3-6/h2-5,8-10,15H,1H3. The summed E-state index contributed by atoms with van der Waals surface area (Å²) < 4.78 is 45.6. The van der Waals surface area contributed by atoms with Crippen molar-refractivity contribution in [3.63, 3.8) is 0 Å². The van der Waals surface area contributed by atoms with Gasteiger partial charge in [0, 0.05) is 0 Å².